The van der Waals surface area contributed by atoms with Gasteiger partial charge >= 0.3 is 0 Å². The van der Waals surface area contributed by atoms with Crippen molar-refractivity contribution in [2.45, 2.75) is 44.4 Å². The normalized spacial score (nSPS) is 20.5. The summed E-state index contributed by atoms with van der Waals surface area (Å²) in [6.45, 7) is 5.44. The molecule has 0 spiro atoms. The predicted molar refractivity (Wildman–Crippen MR) is 124 cm³/mol. The molecule has 1 saturated heterocycles. The van der Waals surface area contributed by atoms with Gasteiger partial charge in [-0.1, -0.05) is 38.1 Å². The van der Waals surface area contributed by atoms with Gasteiger partial charge in [-0.25, -0.2) is 12.7 Å². The molecule has 0 aromatic heterocycles. The number of nitriles is 1. The molecule has 0 bridgehead atoms. The number of hydrogen-bond acceptors (Lipinski definition) is 4. The zero-order chi connectivity index (χ0) is 22.8. The van der Waals surface area contributed by atoms with Crippen molar-refractivity contribution in [2.24, 2.45) is 0 Å². The smallest absolute Gasteiger partial charge is 0.211 e. The standard InChI is InChI=1S/C26H26N2O3S/c1-26(2)22-13-18(17-8-10-28(11-9-17)32(3,30)31)5-7-21(22)25(29)24-20-6-4-16(15-27)12-19(20)14-23(24)26/h4-7,12-13,17H,8-11,14H2,1-3H3. The number of carbonyl (C=O) groups excluding carboxylic acids is 1. The maximum absolute atomic E-state index is 13.5. The molecule has 0 saturated carbocycles. The van der Waals surface area contributed by atoms with Crippen molar-refractivity contribution in [1.29, 1.82) is 5.26 Å². The molecule has 0 amide bonds. The zero-order valence-electron chi connectivity index (χ0n) is 18.6. The van der Waals surface area contributed by atoms with Crippen LogP contribution in [0.25, 0.3) is 5.57 Å². The molecule has 5 rings (SSSR count). The Hall–Kier alpha value is -2.75. The molecule has 5 nitrogen and oxygen atoms in total. The molecule has 3 aliphatic rings. The molecule has 0 atom stereocenters. The van der Waals surface area contributed by atoms with Crippen LogP contribution in [-0.4, -0.2) is 37.9 Å². The topological polar surface area (TPSA) is 78.2 Å². The maximum Gasteiger partial charge on any atom is 0.211 e. The van der Waals surface area contributed by atoms with E-state index < -0.39 is 10.0 Å². The number of nitrogens with zero attached hydrogens (tertiary/aromatic N) is 2. The number of rotatable bonds is 2. The third-order valence-corrected chi connectivity index (χ3v) is 8.81. The first-order valence-electron chi connectivity index (χ1n) is 11.0. The zero-order valence-corrected chi connectivity index (χ0v) is 19.4. The Kier molecular flexibility index (Phi) is 4.70. The van der Waals surface area contributed by atoms with Crippen molar-refractivity contribution in [2.75, 3.05) is 19.3 Å². The van der Waals surface area contributed by atoms with E-state index in [0.717, 1.165) is 46.2 Å². The molecule has 32 heavy (non-hydrogen) atoms. The average Bonchev–Trinajstić information content (AvgIpc) is 3.17. The lowest BCUT2D eigenvalue weighted by Crippen LogP contribution is -2.37. The van der Waals surface area contributed by atoms with Gasteiger partial charge in [-0.3, -0.25) is 4.79 Å². The van der Waals surface area contributed by atoms with Crippen LogP contribution in [0.4, 0.5) is 0 Å². The molecule has 0 unspecified atom stereocenters. The molecule has 1 heterocycles. The Morgan fingerprint density at radius 2 is 1.75 bits per heavy atom. The monoisotopic (exact) mass is 446 g/mol. The Balaban J connectivity index is 1.50. The van der Waals surface area contributed by atoms with E-state index in [0.29, 0.717) is 31.0 Å². The van der Waals surface area contributed by atoms with Crippen molar-refractivity contribution in [1.82, 2.24) is 4.31 Å². The predicted octanol–water partition coefficient (Wildman–Crippen LogP) is 4.18. The summed E-state index contributed by atoms with van der Waals surface area (Å²) in [7, 11) is -3.15. The number of sulfonamides is 1. The van der Waals surface area contributed by atoms with Crippen molar-refractivity contribution >= 4 is 21.4 Å². The molecular weight excluding hydrogens is 420 g/mol. The summed E-state index contributed by atoms with van der Waals surface area (Å²) in [5.41, 5.74) is 7.25. The van der Waals surface area contributed by atoms with Gasteiger partial charge in [0.15, 0.2) is 5.78 Å². The van der Waals surface area contributed by atoms with E-state index in [1.54, 1.807) is 10.4 Å². The van der Waals surface area contributed by atoms with Gasteiger partial charge in [-0.15, -0.1) is 0 Å². The van der Waals surface area contributed by atoms with Crippen LogP contribution < -0.4 is 0 Å². The first-order chi connectivity index (χ1) is 15.1. The van der Waals surface area contributed by atoms with E-state index in [1.807, 2.05) is 24.3 Å². The molecule has 1 fully saturated rings. The largest absolute Gasteiger partial charge is 0.289 e. The summed E-state index contributed by atoms with van der Waals surface area (Å²) in [4.78, 5) is 13.5. The molecule has 6 heteroatoms. The number of hydrogen-bond donors (Lipinski definition) is 0. The van der Waals surface area contributed by atoms with Crippen LogP contribution in [0.5, 0.6) is 0 Å². The van der Waals surface area contributed by atoms with Gasteiger partial charge in [-0.05, 0) is 65.1 Å². The summed E-state index contributed by atoms with van der Waals surface area (Å²) in [6.07, 6.45) is 3.54. The second-order valence-electron chi connectivity index (χ2n) is 9.71. The number of carbonyl (C=O) groups is 1. The fourth-order valence-corrected chi connectivity index (χ4v) is 6.51. The summed E-state index contributed by atoms with van der Waals surface area (Å²) >= 11 is 0. The van der Waals surface area contributed by atoms with Crippen LogP contribution in [0, 0.1) is 11.3 Å². The molecular formula is C26H26N2O3S. The van der Waals surface area contributed by atoms with Crippen molar-refractivity contribution in [3.63, 3.8) is 0 Å². The third-order valence-electron chi connectivity index (χ3n) is 7.51. The summed E-state index contributed by atoms with van der Waals surface area (Å²) < 4.78 is 25.2. The van der Waals surface area contributed by atoms with E-state index in [-0.39, 0.29) is 11.2 Å². The molecule has 164 valence electrons. The van der Waals surface area contributed by atoms with E-state index in [4.69, 9.17) is 0 Å². The molecule has 2 aromatic carbocycles. The summed E-state index contributed by atoms with van der Waals surface area (Å²) in [6, 6.07) is 14.0. The van der Waals surface area contributed by atoms with E-state index in [1.165, 1.54) is 11.8 Å². The second-order valence-corrected chi connectivity index (χ2v) is 11.7. The van der Waals surface area contributed by atoms with Crippen LogP contribution in [0.2, 0.25) is 0 Å². The average molecular weight is 447 g/mol. The molecule has 0 N–H and O–H groups in total. The highest BCUT2D eigenvalue weighted by atomic mass is 32.2. The number of allylic oxidation sites excluding steroid dienone is 2. The van der Waals surface area contributed by atoms with Gasteiger partial charge in [0.05, 0.1) is 17.9 Å². The van der Waals surface area contributed by atoms with E-state index >= 15 is 0 Å². The van der Waals surface area contributed by atoms with E-state index in [2.05, 4.69) is 26.0 Å². The van der Waals surface area contributed by atoms with Gasteiger partial charge < -0.3 is 0 Å². The van der Waals surface area contributed by atoms with Crippen molar-refractivity contribution in [3.05, 3.63) is 75.4 Å². The van der Waals surface area contributed by atoms with Crippen molar-refractivity contribution in [3.8, 4) is 6.07 Å². The molecule has 2 aliphatic carbocycles. The highest BCUT2D eigenvalue weighted by Crippen LogP contribution is 2.50. The van der Waals surface area contributed by atoms with Gasteiger partial charge in [-0.2, -0.15) is 5.26 Å². The number of fused-ring (bicyclic) bond motifs is 3. The summed E-state index contributed by atoms with van der Waals surface area (Å²) in [5, 5.41) is 9.27. The Bertz CT molecular complexity index is 1340. The Morgan fingerprint density at radius 3 is 2.41 bits per heavy atom. The lowest BCUT2D eigenvalue weighted by Gasteiger charge is -2.36. The Labute approximate surface area is 189 Å². The van der Waals surface area contributed by atoms with E-state index in [9.17, 15) is 18.5 Å². The minimum Gasteiger partial charge on any atom is -0.289 e. The fraction of sp³-hybridized carbons (Fsp3) is 0.385. The first kappa shape index (κ1) is 21.1. The first-order valence-corrected chi connectivity index (χ1v) is 12.9. The van der Waals surface area contributed by atoms with Gasteiger partial charge in [0.25, 0.3) is 0 Å². The summed E-state index contributed by atoms with van der Waals surface area (Å²) in [5.74, 6) is 0.356. The highest BCUT2D eigenvalue weighted by Gasteiger charge is 2.43. The minimum atomic E-state index is -3.15. The molecule has 1 aliphatic heterocycles. The van der Waals surface area contributed by atoms with Gasteiger partial charge in [0.1, 0.15) is 0 Å². The van der Waals surface area contributed by atoms with Crippen LogP contribution in [0.15, 0.2) is 42.0 Å². The highest BCUT2D eigenvalue weighted by molar-refractivity contribution is 7.88. The quantitative estimate of drug-likeness (QED) is 0.693. The van der Waals surface area contributed by atoms with Crippen LogP contribution in [0.3, 0.4) is 0 Å². The Morgan fingerprint density at radius 1 is 1.06 bits per heavy atom. The van der Waals surface area contributed by atoms with Crippen molar-refractivity contribution < 1.29 is 13.2 Å². The lowest BCUT2D eigenvalue weighted by molar-refractivity contribution is 0.105. The number of benzene rings is 2. The van der Waals surface area contributed by atoms with Gasteiger partial charge in [0, 0.05) is 29.6 Å². The van der Waals surface area contributed by atoms with Crippen LogP contribution in [0.1, 0.15) is 70.8 Å². The third kappa shape index (κ3) is 3.15. The SMILES string of the molecule is CC1(C)C2=C(C(=O)c3ccc(C4CCN(S(C)(=O)=O)CC4)cc31)c1ccc(C#N)cc1C2. The molecule has 0 radical (unpaired) electrons. The maximum atomic E-state index is 13.5. The second kappa shape index (κ2) is 7.13. The number of Topliss-reactive ketones (excluding diaryl/α,β-unsaturated/α-hetero) is 1. The van der Waals surface area contributed by atoms with Gasteiger partial charge in [0.2, 0.25) is 10.0 Å². The number of piperidine rings is 1. The number of ketones is 1. The minimum absolute atomic E-state index is 0.0660. The van der Waals surface area contributed by atoms with Crippen LogP contribution in [-0.2, 0) is 21.9 Å². The lowest BCUT2D eigenvalue weighted by atomic mass is 9.67. The molecule has 2 aromatic rings. The van der Waals surface area contributed by atoms with Crippen LogP contribution >= 0.6 is 0 Å². The fourth-order valence-electron chi connectivity index (χ4n) is 5.64.